The number of carbonyl (C=O) groups is 1. The predicted octanol–water partition coefficient (Wildman–Crippen LogP) is 5.97. The lowest BCUT2D eigenvalue weighted by atomic mass is 9.93. The van der Waals surface area contributed by atoms with Gasteiger partial charge in [0.2, 0.25) is 0 Å². The maximum atomic E-state index is 11.2. The Kier molecular flexibility index (Phi) is 6.57. The van der Waals surface area contributed by atoms with Gasteiger partial charge in [0.15, 0.2) is 11.5 Å². The first-order valence-electron chi connectivity index (χ1n) is 11.1. The molecule has 0 aromatic heterocycles. The average molecular weight is 389 g/mol. The van der Waals surface area contributed by atoms with Crippen LogP contribution in [0.15, 0.2) is 12.1 Å². The van der Waals surface area contributed by atoms with Crippen molar-refractivity contribution in [1.82, 2.24) is 0 Å². The van der Waals surface area contributed by atoms with Crippen LogP contribution in [0.3, 0.4) is 0 Å². The maximum Gasteiger partial charge on any atom is 0.309 e. The Labute approximate surface area is 169 Å². The van der Waals surface area contributed by atoms with Crippen molar-refractivity contribution in [3.63, 3.8) is 0 Å². The molecule has 3 rings (SSSR count). The van der Waals surface area contributed by atoms with Gasteiger partial charge in [0.25, 0.3) is 0 Å². The van der Waals surface area contributed by atoms with Crippen LogP contribution in [0.5, 0.6) is 11.5 Å². The van der Waals surface area contributed by atoms with Crippen LogP contribution in [0.1, 0.15) is 95.1 Å². The third-order valence-corrected chi connectivity index (χ3v) is 7.04. The van der Waals surface area contributed by atoms with E-state index in [1.165, 1.54) is 32.1 Å². The largest absolute Gasteiger partial charge is 0.504 e. The highest BCUT2D eigenvalue weighted by Crippen LogP contribution is 2.50. The molecule has 0 amide bonds. The van der Waals surface area contributed by atoms with Crippen molar-refractivity contribution < 1.29 is 20.1 Å². The lowest BCUT2D eigenvalue weighted by Crippen LogP contribution is -2.14. The van der Waals surface area contributed by atoms with Gasteiger partial charge in [0.05, 0.1) is 5.41 Å². The van der Waals surface area contributed by atoms with Crippen LogP contribution < -0.4 is 0 Å². The molecule has 2 aliphatic rings. The number of unbranched alkanes of at least 4 members (excludes halogenated alkanes) is 4. The number of phenolic OH excluding ortho intramolecular Hbond substituents is 2. The molecule has 0 bridgehead atoms. The summed E-state index contributed by atoms with van der Waals surface area (Å²) in [6, 6.07) is 3.45. The van der Waals surface area contributed by atoms with Crippen molar-refractivity contribution in [2.45, 2.75) is 96.8 Å². The van der Waals surface area contributed by atoms with Gasteiger partial charge in [-0.15, -0.1) is 0 Å². The Hall–Kier alpha value is -1.71. The van der Waals surface area contributed by atoms with E-state index in [4.69, 9.17) is 0 Å². The molecule has 1 aromatic carbocycles. The standard InChI is InChI=1S/C24H36O4/c1-23(12-13-23)10-6-2-4-8-18-16-20(25)21(26)17-19(18)9-5-3-7-11-24(14-15-24)22(27)28/h16-17,25-26H,2-15H2,1H3,(H,27,28). The van der Waals surface area contributed by atoms with Gasteiger partial charge in [0.1, 0.15) is 0 Å². The Morgan fingerprint density at radius 3 is 1.75 bits per heavy atom. The number of phenols is 2. The monoisotopic (exact) mass is 388 g/mol. The van der Waals surface area contributed by atoms with E-state index in [1.807, 2.05) is 0 Å². The van der Waals surface area contributed by atoms with Crippen molar-refractivity contribution in [2.75, 3.05) is 0 Å². The van der Waals surface area contributed by atoms with E-state index in [9.17, 15) is 20.1 Å². The van der Waals surface area contributed by atoms with Crippen LogP contribution >= 0.6 is 0 Å². The molecule has 0 radical (unpaired) electrons. The van der Waals surface area contributed by atoms with Gasteiger partial charge < -0.3 is 15.3 Å². The molecular formula is C24H36O4. The van der Waals surface area contributed by atoms with E-state index in [-0.39, 0.29) is 11.5 Å². The first kappa shape index (κ1) is 21.0. The number of hydrogen-bond donors (Lipinski definition) is 3. The van der Waals surface area contributed by atoms with Crippen molar-refractivity contribution in [2.24, 2.45) is 10.8 Å². The molecule has 156 valence electrons. The second-order valence-corrected chi connectivity index (χ2v) is 9.63. The Bertz CT molecular complexity index is 686. The Morgan fingerprint density at radius 2 is 1.32 bits per heavy atom. The van der Waals surface area contributed by atoms with Gasteiger partial charge in [-0.05, 0) is 92.9 Å². The summed E-state index contributed by atoms with van der Waals surface area (Å²) in [4.78, 5) is 11.2. The lowest BCUT2D eigenvalue weighted by Gasteiger charge is -2.13. The van der Waals surface area contributed by atoms with Crippen LogP contribution in [0, 0.1) is 10.8 Å². The molecule has 2 fully saturated rings. The van der Waals surface area contributed by atoms with Crippen LogP contribution in [0.4, 0.5) is 0 Å². The molecule has 0 aliphatic heterocycles. The molecule has 0 spiro atoms. The number of carboxylic acids is 1. The minimum Gasteiger partial charge on any atom is -0.504 e. The van der Waals surface area contributed by atoms with Gasteiger partial charge in [-0.3, -0.25) is 4.79 Å². The lowest BCUT2D eigenvalue weighted by molar-refractivity contribution is -0.143. The van der Waals surface area contributed by atoms with Gasteiger partial charge in [-0.1, -0.05) is 32.6 Å². The van der Waals surface area contributed by atoms with Crippen LogP contribution in [0.25, 0.3) is 0 Å². The van der Waals surface area contributed by atoms with Gasteiger partial charge in [-0.2, -0.15) is 0 Å². The van der Waals surface area contributed by atoms with Gasteiger partial charge in [0, 0.05) is 0 Å². The van der Waals surface area contributed by atoms with E-state index in [2.05, 4.69) is 6.92 Å². The van der Waals surface area contributed by atoms with E-state index >= 15 is 0 Å². The summed E-state index contributed by atoms with van der Waals surface area (Å²) >= 11 is 0. The molecule has 2 saturated carbocycles. The molecule has 4 heteroatoms. The number of aryl methyl sites for hydroxylation is 2. The number of benzene rings is 1. The van der Waals surface area contributed by atoms with E-state index < -0.39 is 11.4 Å². The smallest absolute Gasteiger partial charge is 0.309 e. The zero-order valence-corrected chi connectivity index (χ0v) is 17.3. The summed E-state index contributed by atoms with van der Waals surface area (Å²) in [5, 5.41) is 29.0. The third-order valence-electron chi connectivity index (χ3n) is 7.04. The minimum atomic E-state index is -0.631. The maximum absolute atomic E-state index is 11.2. The molecule has 28 heavy (non-hydrogen) atoms. The Morgan fingerprint density at radius 1 is 0.821 bits per heavy atom. The molecule has 0 atom stereocenters. The van der Waals surface area contributed by atoms with Crippen molar-refractivity contribution in [3.05, 3.63) is 23.3 Å². The zero-order chi connectivity index (χ0) is 20.2. The van der Waals surface area contributed by atoms with E-state index in [1.54, 1.807) is 12.1 Å². The molecule has 0 unspecified atom stereocenters. The fourth-order valence-electron chi connectivity index (χ4n) is 4.31. The molecule has 3 N–H and O–H groups in total. The van der Waals surface area contributed by atoms with Gasteiger partial charge >= 0.3 is 5.97 Å². The number of rotatable bonds is 13. The normalized spacial score (nSPS) is 18.8. The number of aliphatic carboxylic acids is 1. The van der Waals surface area contributed by atoms with E-state index in [0.717, 1.165) is 68.9 Å². The summed E-state index contributed by atoms with van der Waals surface area (Å²) in [6.07, 6.45) is 14.9. The summed E-state index contributed by atoms with van der Waals surface area (Å²) in [7, 11) is 0. The van der Waals surface area contributed by atoms with Crippen molar-refractivity contribution in [3.8, 4) is 11.5 Å². The number of hydrogen-bond acceptors (Lipinski definition) is 3. The third kappa shape index (κ3) is 5.65. The molecule has 0 saturated heterocycles. The first-order valence-corrected chi connectivity index (χ1v) is 11.1. The SMILES string of the molecule is CC1(CCCCCc2cc(O)c(O)cc2CCCCCC2(C(=O)O)CC2)CC1. The molecule has 4 nitrogen and oxygen atoms in total. The second kappa shape index (κ2) is 8.75. The highest BCUT2D eigenvalue weighted by Gasteiger charge is 2.49. The van der Waals surface area contributed by atoms with Crippen LogP contribution in [-0.2, 0) is 17.6 Å². The van der Waals surface area contributed by atoms with Crippen LogP contribution in [0.2, 0.25) is 0 Å². The topological polar surface area (TPSA) is 77.8 Å². The van der Waals surface area contributed by atoms with Crippen molar-refractivity contribution >= 4 is 5.97 Å². The molecule has 0 heterocycles. The second-order valence-electron chi connectivity index (χ2n) is 9.63. The molecule has 2 aliphatic carbocycles. The highest BCUT2D eigenvalue weighted by molar-refractivity contribution is 5.77. The Balaban J connectivity index is 1.41. The summed E-state index contributed by atoms with van der Waals surface area (Å²) in [5.74, 6) is -0.696. The van der Waals surface area contributed by atoms with Gasteiger partial charge in [-0.25, -0.2) is 0 Å². The molecular weight excluding hydrogens is 352 g/mol. The predicted molar refractivity (Wildman–Crippen MR) is 111 cm³/mol. The summed E-state index contributed by atoms with van der Waals surface area (Å²) < 4.78 is 0. The fraction of sp³-hybridized carbons (Fsp3) is 0.708. The number of aromatic hydroxyl groups is 2. The van der Waals surface area contributed by atoms with E-state index in [0.29, 0.717) is 5.41 Å². The zero-order valence-electron chi connectivity index (χ0n) is 17.3. The first-order chi connectivity index (χ1) is 13.3. The summed E-state index contributed by atoms with van der Waals surface area (Å²) in [6.45, 7) is 2.38. The van der Waals surface area contributed by atoms with Crippen LogP contribution in [-0.4, -0.2) is 21.3 Å². The number of carboxylic acid groups (broad SMARTS) is 1. The quantitative estimate of drug-likeness (QED) is 0.287. The average Bonchev–Trinajstić information content (AvgIpc) is 3.56. The fourth-order valence-corrected chi connectivity index (χ4v) is 4.31. The highest BCUT2D eigenvalue weighted by atomic mass is 16.4. The minimum absolute atomic E-state index is 0.0265. The van der Waals surface area contributed by atoms with Crippen molar-refractivity contribution in [1.29, 1.82) is 0 Å². The molecule has 1 aromatic rings. The summed E-state index contributed by atoms with van der Waals surface area (Å²) in [5.41, 5.74) is 2.49.